The number of benzene rings is 1. The van der Waals surface area contributed by atoms with Gasteiger partial charge in [-0.2, -0.15) is 18.4 Å². The Bertz CT molecular complexity index is 888. The average molecular weight is 391 g/mol. The zero-order valence-corrected chi connectivity index (χ0v) is 15.0. The van der Waals surface area contributed by atoms with Crippen LogP contribution in [0.2, 0.25) is 0 Å². The predicted octanol–water partition coefficient (Wildman–Crippen LogP) is 4.79. The van der Waals surface area contributed by atoms with Gasteiger partial charge in [0.05, 0.1) is 11.3 Å². The summed E-state index contributed by atoms with van der Waals surface area (Å²) in [5.74, 6) is -0.423. The summed E-state index contributed by atoms with van der Waals surface area (Å²) in [4.78, 5) is 16.5. The Morgan fingerprint density at radius 2 is 1.93 bits per heavy atom. The molecule has 1 aliphatic rings. The molecule has 4 nitrogen and oxygen atoms in total. The number of hydrogen-bond donors (Lipinski definition) is 1. The number of amides is 1. The lowest BCUT2D eigenvalue weighted by atomic mass is 10.1. The van der Waals surface area contributed by atoms with Crippen LogP contribution in [0, 0.1) is 11.3 Å². The van der Waals surface area contributed by atoms with E-state index in [1.165, 1.54) is 29.5 Å². The van der Waals surface area contributed by atoms with Gasteiger partial charge in [-0.1, -0.05) is 25.0 Å². The van der Waals surface area contributed by atoms with Gasteiger partial charge in [-0.3, -0.25) is 4.79 Å². The molecule has 1 heterocycles. The van der Waals surface area contributed by atoms with Crippen molar-refractivity contribution in [1.29, 1.82) is 5.26 Å². The number of hydrogen-bond acceptors (Lipinski definition) is 4. The second-order valence-corrected chi connectivity index (χ2v) is 7.14. The molecule has 0 spiro atoms. The van der Waals surface area contributed by atoms with Crippen LogP contribution in [0.15, 0.2) is 35.2 Å². The highest BCUT2D eigenvalue weighted by Crippen LogP contribution is 2.32. The SMILES string of the molecule is N#CC(=Cc1csc(-c2ccc(C(F)(F)F)cc2)n1)C(=O)NC1CCCC1. The first-order valence-electron chi connectivity index (χ1n) is 8.42. The van der Waals surface area contributed by atoms with E-state index in [2.05, 4.69) is 10.3 Å². The van der Waals surface area contributed by atoms with Gasteiger partial charge in [-0.05, 0) is 31.1 Å². The first kappa shape index (κ1) is 19.1. The fraction of sp³-hybridized carbons (Fsp3) is 0.316. The molecule has 0 atom stereocenters. The lowest BCUT2D eigenvalue weighted by Gasteiger charge is -2.10. The number of nitrogens with zero attached hydrogens (tertiary/aromatic N) is 2. The Morgan fingerprint density at radius 1 is 1.26 bits per heavy atom. The van der Waals surface area contributed by atoms with E-state index in [0.717, 1.165) is 37.8 Å². The van der Waals surface area contributed by atoms with Crippen LogP contribution in [0.3, 0.4) is 0 Å². The van der Waals surface area contributed by atoms with Crippen molar-refractivity contribution in [1.82, 2.24) is 10.3 Å². The fourth-order valence-corrected chi connectivity index (χ4v) is 3.70. The van der Waals surface area contributed by atoms with Gasteiger partial charge in [0.2, 0.25) is 0 Å². The van der Waals surface area contributed by atoms with Crippen LogP contribution >= 0.6 is 11.3 Å². The average Bonchev–Trinajstić information content (AvgIpc) is 3.30. The van der Waals surface area contributed by atoms with Crippen LogP contribution in [0.1, 0.15) is 36.9 Å². The van der Waals surface area contributed by atoms with Crippen LogP contribution in [0.5, 0.6) is 0 Å². The van der Waals surface area contributed by atoms with Crippen LogP contribution < -0.4 is 5.32 Å². The standard InChI is InChI=1S/C19H16F3N3OS/c20-19(21,22)14-7-5-12(6-8-14)18-25-16(11-27-18)9-13(10-23)17(26)24-15-3-1-2-4-15/h5-9,11,15H,1-4H2,(H,24,26). The molecule has 1 aliphatic carbocycles. The molecule has 1 aromatic heterocycles. The minimum atomic E-state index is -4.39. The Morgan fingerprint density at radius 3 is 2.52 bits per heavy atom. The van der Waals surface area contributed by atoms with E-state index in [9.17, 15) is 23.2 Å². The summed E-state index contributed by atoms with van der Waals surface area (Å²) in [7, 11) is 0. The predicted molar refractivity (Wildman–Crippen MR) is 96.5 cm³/mol. The van der Waals surface area contributed by atoms with Crippen molar-refractivity contribution in [2.24, 2.45) is 0 Å². The Labute approximate surface area is 158 Å². The summed E-state index contributed by atoms with van der Waals surface area (Å²) in [6, 6.07) is 6.70. The Balaban J connectivity index is 1.74. The molecule has 8 heteroatoms. The van der Waals surface area contributed by atoms with Crippen LogP contribution in [0.4, 0.5) is 13.2 Å². The molecule has 1 amide bonds. The van der Waals surface area contributed by atoms with E-state index in [1.807, 2.05) is 6.07 Å². The van der Waals surface area contributed by atoms with Gasteiger partial charge in [0.1, 0.15) is 16.6 Å². The van der Waals surface area contributed by atoms with Crippen LogP contribution in [-0.2, 0) is 11.0 Å². The second kappa shape index (κ2) is 7.92. The van der Waals surface area contributed by atoms with Crippen LogP contribution in [0.25, 0.3) is 16.6 Å². The Kier molecular flexibility index (Phi) is 5.61. The third kappa shape index (κ3) is 4.74. The quantitative estimate of drug-likeness (QED) is 0.602. The normalized spacial score (nSPS) is 15.6. The van der Waals surface area contributed by atoms with Crippen LogP contribution in [-0.4, -0.2) is 16.9 Å². The molecule has 0 bridgehead atoms. The molecule has 2 aromatic rings. The summed E-state index contributed by atoms with van der Waals surface area (Å²) >= 11 is 1.24. The molecule has 1 aromatic carbocycles. The van der Waals surface area contributed by atoms with Gasteiger partial charge in [0.25, 0.3) is 5.91 Å². The smallest absolute Gasteiger partial charge is 0.349 e. The second-order valence-electron chi connectivity index (χ2n) is 6.28. The van der Waals surface area contributed by atoms with Crippen molar-refractivity contribution >= 4 is 23.3 Å². The topological polar surface area (TPSA) is 65.8 Å². The minimum absolute atomic E-state index is 0.0360. The maximum atomic E-state index is 12.6. The fourth-order valence-electron chi connectivity index (χ4n) is 2.92. The number of thiazole rings is 1. The van der Waals surface area contributed by atoms with Gasteiger partial charge in [-0.15, -0.1) is 11.3 Å². The molecule has 0 saturated heterocycles. The molecule has 0 aliphatic heterocycles. The molecule has 3 rings (SSSR count). The van der Waals surface area contributed by atoms with Gasteiger partial charge in [-0.25, -0.2) is 4.98 Å². The molecule has 0 unspecified atom stereocenters. The van der Waals surface area contributed by atoms with E-state index in [-0.39, 0.29) is 11.6 Å². The highest BCUT2D eigenvalue weighted by Gasteiger charge is 2.30. The van der Waals surface area contributed by atoms with Crippen molar-refractivity contribution in [3.05, 3.63) is 46.5 Å². The third-order valence-corrected chi connectivity index (χ3v) is 5.24. The number of nitriles is 1. The van der Waals surface area contributed by atoms with E-state index in [0.29, 0.717) is 16.3 Å². The highest BCUT2D eigenvalue weighted by molar-refractivity contribution is 7.13. The van der Waals surface area contributed by atoms with E-state index < -0.39 is 17.6 Å². The lowest BCUT2D eigenvalue weighted by molar-refractivity contribution is -0.137. The molecule has 1 saturated carbocycles. The van der Waals surface area contributed by atoms with E-state index in [1.54, 1.807) is 5.38 Å². The monoisotopic (exact) mass is 391 g/mol. The van der Waals surface area contributed by atoms with Crippen molar-refractivity contribution in [3.8, 4) is 16.6 Å². The summed E-state index contributed by atoms with van der Waals surface area (Å²) in [5.41, 5.74) is 0.207. The maximum absolute atomic E-state index is 12.6. The maximum Gasteiger partial charge on any atom is 0.416 e. The van der Waals surface area contributed by atoms with Crippen molar-refractivity contribution in [2.45, 2.75) is 37.9 Å². The summed E-state index contributed by atoms with van der Waals surface area (Å²) < 4.78 is 37.9. The number of halogens is 3. The molecule has 0 radical (unpaired) electrons. The molecular weight excluding hydrogens is 375 g/mol. The number of aromatic nitrogens is 1. The largest absolute Gasteiger partial charge is 0.416 e. The number of carbonyl (C=O) groups is 1. The number of alkyl halides is 3. The summed E-state index contributed by atoms with van der Waals surface area (Å²) in [6.07, 6.45) is 0.981. The number of rotatable bonds is 4. The third-order valence-electron chi connectivity index (χ3n) is 4.33. The summed E-state index contributed by atoms with van der Waals surface area (Å²) in [6.45, 7) is 0. The zero-order chi connectivity index (χ0) is 19.4. The van der Waals surface area contributed by atoms with Crippen molar-refractivity contribution in [2.75, 3.05) is 0 Å². The number of nitrogens with one attached hydrogen (secondary N) is 1. The van der Waals surface area contributed by atoms with E-state index in [4.69, 9.17) is 0 Å². The first-order valence-corrected chi connectivity index (χ1v) is 9.30. The molecule has 1 fully saturated rings. The summed E-state index contributed by atoms with van der Waals surface area (Å²) in [5, 5.41) is 14.3. The van der Waals surface area contributed by atoms with Gasteiger partial charge in [0.15, 0.2) is 0 Å². The molecule has 140 valence electrons. The molecule has 1 N–H and O–H groups in total. The zero-order valence-electron chi connectivity index (χ0n) is 14.2. The number of carbonyl (C=O) groups excluding carboxylic acids is 1. The minimum Gasteiger partial charge on any atom is -0.349 e. The lowest BCUT2D eigenvalue weighted by Crippen LogP contribution is -2.33. The van der Waals surface area contributed by atoms with Gasteiger partial charge >= 0.3 is 6.18 Å². The first-order chi connectivity index (χ1) is 12.9. The van der Waals surface area contributed by atoms with Crippen molar-refractivity contribution < 1.29 is 18.0 Å². The van der Waals surface area contributed by atoms with E-state index >= 15 is 0 Å². The van der Waals surface area contributed by atoms with Crippen molar-refractivity contribution in [3.63, 3.8) is 0 Å². The molecule has 27 heavy (non-hydrogen) atoms. The van der Waals surface area contributed by atoms with Gasteiger partial charge < -0.3 is 5.32 Å². The van der Waals surface area contributed by atoms with Gasteiger partial charge in [0, 0.05) is 17.0 Å². The Hall–Kier alpha value is -2.66. The molecular formula is C19H16F3N3OS. The highest BCUT2D eigenvalue weighted by atomic mass is 32.1.